The second-order valence-corrected chi connectivity index (χ2v) is 5.15. The molecule has 1 atom stereocenters. The summed E-state index contributed by atoms with van der Waals surface area (Å²) in [6.45, 7) is 5.02. The number of benzene rings is 1. The van der Waals surface area contributed by atoms with Gasteiger partial charge in [0.05, 0.1) is 6.61 Å². The molecule has 1 N–H and O–H groups in total. The average molecular weight is 293 g/mol. The van der Waals surface area contributed by atoms with Crippen molar-refractivity contribution in [1.82, 2.24) is 5.32 Å². The molecule has 6 heteroatoms. The summed E-state index contributed by atoms with van der Waals surface area (Å²) >= 11 is -0.0675. The average Bonchev–Trinajstić information content (AvgIpc) is 2.34. The largest absolute Gasteiger partial charge is 0.493 e. The molecule has 0 aliphatic carbocycles. The molecule has 0 spiro atoms. The molecule has 0 amide bonds. The first-order chi connectivity index (χ1) is 8.92. The molecule has 1 unspecified atom stereocenters. The Morgan fingerprint density at radius 2 is 1.89 bits per heavy atom. The Hall–Kier alpha value is -0.880. The molecular weight excluding hydrogens is 275 g/mol. The van der Waals surface area contributed by atoms with Crippen LogP contribution >= 0.6 is 11.8 Å². The van der Waals surface area contributed by atoms with Gasteiger partial charge in [0.1, 0.15) is 5.75 Å². The van der Waals surface area contributed by atoms with E-state index in [1.807, 2.05) is 19.1 Å². The van der Waals surface area contributed by atoms with Crippen molar-refractivity contribution >= 4 is 11.8 Å². The number of hydrogen-bond acceptors (Lipinski definition) is 3. The first kappa shape index (κ1) is 16.2. The quantitative estimate of drug-likeness (QED) is 0.768. The van der Waals surface area contributed by atoms with E-state index in [9.17, 15) is 13.2 Å². The standard InChI is InChI=1S/C13H18F3NOS/c1-3-17-10(2)11-4-6-12(7-5-11)18-8-9-19-13(14,15)16/h4-7,10,17H,3,8-9H2,1-2H3. The number of hydrogen-bond donors (Lipinski definition) is 1. The Balaban J connectivity index is 2.36. The maximum atomic E-state index is 11.9. The molecule has 0 aromatic heterocycles. The Morgan fingerprint density at radius 1 is 1.26 bits per heavy atom. The fourth-order valence-electron chi connectivity index (χ4n) is 1.59. The zero-order chi connectivity index (χ0) is 14.3. The van der Waals surface area contributed by atoms with Gasteiger partial charge < -0.3 is 10.1 Å². The monoisotopic (exact) mass is 293 g/mol. The number of halogens is 3. The van der Waals surface area contributed by atoms with E-state index >= 15 is 0 Å². The third-order valence-corrected chi connectivity index (χ3v) is 3.21. The molecular formula is C13H18F3NOS. The lowest BCUT2D eigenvalue weighted by Crippen LogP contribution is -2.17. The van der Waals surface area contributed by atoms with Gasteiger partial charge in [0.25, 0.3) is 0 Å². The second kappa shape index (κ2) is 7.65. The molecule has 0 heterocycles. The molecule has 0 aliphatic rings. The first-order valence-electron chi connectivity index (χ1n) is 6.09. The summed E-state index contributed by atoms with van der Waals surface area (Å²) < 4.78 is 40.9. The van der Waals surface area contributed by atoms with Gasteiger partial charge in [-0.15, -0.1) is 0 Å². The topological polar surface area (TPSA) is 21.3 Å². The summed E-state index contributed by atoms with van der Waals surface area (Å²) in [4.78, 5) is 0. The van der Waals surface area contributed by atoms with Crippen molar-refractivity contribution in [3.63, 3.8) is 0 Å². The van der Waals surface area contributed by atoms with Gasteiger partial charge in [-0.3, -0.25) is 0 Å². The lowest BCUT2D eigenvalue weighted by Gasteiger charge is -2.13. The van der Waals surface area contributed by atoms with Crippen LogP contribution in [0.5, 0.6) is 5.75 Å². The third kappa shape index (κ3) is 6.73. The number of rotatable bonds is 7. The zero-order valence-corrected chi connectivity index (χ0v) is 11.8. The molecule has 0 saturated heterocycles. The number of nitrogens with one attached hydrogen (secondary N) is 1. The van der Waals surface area contributed by atoms with Crippen LogP contribution in [-0.2, 0) is 0 Å². The molecule has 0 aliphatic heterocycles. The summed E-state index contributed by atoms with van der Waals surface area (Å²) in [6, 6.07) is 7.64. The Kier molecular flexibility index (Phi) is 6.51. The zero-order valence-electron chi connectivity index (χ0n) is 11.0. The maximum Gasteiger partial charge on any atom is 0.441 e. The van der Waals surface area contributed by atoms with Gasteiger partial charge in [0.15, 0.2) is 0 Å². The van der Waals surface area contributed by atoms with E-state index in [4.69, 9.17) is 4.74 Å². The molecule has 0 saturated carbocycles. The molecule has 1 rings (SSSR count). The van der Waals surface area contributed by atoms with Crippen LogP contribution in [-0.4, -0.2) is 24.4 Å². The highest BCUT2D eigenvalue weighted by molar-refractivity contribution is 8.00. The molecule has 0 bridgehead atoms. The molecule has 1 aromatic carbocycles. The van der Waals surface area contributed by atoms with Crippen LogP contribution in [0.3, 0.4) is 0 Å². The minimum atomic E-state index is -4.19. The second-order valence-electron chi connectivity index (χ2n) is 3.99. The van der Waals surface area contributed by atoms with Crippen molar-refractivity contribution in [1.29, 1.82) is 0 Å². The van der Waals surface area contributed by atoms with Crippen molar-refractivity contribution in [3.8, 4) is 5.75 Å². The molecule has 108 valence electrons. The van der Waals surface area contributed by atoms with Gasteiger partial charge in [0, 0.05) is 11.8 Å². The Morgan fingerprint density at radius 3 is 2.42 bits per heavy atom. The van der Waals surface area contributed by atoms with E-state index in [-0.39, 0.29) is 30.2 Å². The van der Waals surface area contributed by atoms with Gasteiger partial charge in [-0.1, -0.05) is 19.1 Å². The summed E-state index contributed by atoms with van der Waals surface area (Å²) in [7, 11) is 0. The van der Waals surface area contributed by atoms with Crippen LogP contribution in [0, 0.1) is 0 Å². The lowest BCUT2D eigenvalue weighted by atomic mass is 10.1. The predicted molar refractivity (Wildman–Crippen MR) is 72.5 cm³/mol. The van der Waals surface area contributed by atoms with E-state index < -0.39 is 5.51 Å². The first-order valence-corrected chi connectivity index (χ1v) is 7.07. The van der Waals surface area contributed by atoms with E-state index in [0.29, 0.717) is 5.75 Å². The molecule has 0 radical (unpaired) electrons. The van der Waals surface area contributed by atoms with Crippen molar-refractivity contribution in [2.24, 2.45) is 0 Å². The highest BCUT2D eigenvalue weighted by Gasteiger charge is 2.27. The van der Waals surface area contributed by atoms with Crippen molar-refractivity contribution in [3.05, 3.63) is 29.8 Å². The van der Waals surface area contributed by atoms with Gasteiger partial charge >= 0.3 is 5.51 Å². The van der Waals surface area contributed by atoms with E-state index in [1.165, 1.54) is 0 Å². The van der Waals surface area contributed by atoms with E-state index in [1.54, 1.807) is 12.1 Å². The van der Waals surface area contributed by atoms with Crippen LogP contribution in [0.25, 0.3) is 0 Å². The number of thioether (sulfide) groups is 1. The summed E-state index contributed by atoms with van der Waals surface area (Å²) in [5, 5.41) is 3.28. The number of ether oxygens (including phenoxy) is 1. The minimum Gasteiger partial charge on any atom is -0.493 e. The van der Waals surface area contributed by atoms with Crippen molar-refractivity contribution < 1.29 is 17.9 Å². The summed E-state index contributed by atoms with van der Waals surface area (Å²) in [5.74, 6) is 0.495. The smallest absolute Gasteiger partial charge is 0.441 e. The molecule has 19 heavy (non-hydrogen) atoms. The van der Waals surface area contributed by atoms with Crippen LogP contribution in [0.2, 0.25) is 0 Å². The normalized spacial score (nSPS) is 13.3. The summed E-state index contributed by atoms with van der Waals surface area (Å²) in [6.07, 6.45) is 0. The maximum absolute atomic E-state index is 11.9. The summed E-state index contributed by atoms with van der Waals surface area (Å²) in [5.41, 5.74) is -3.06. The van der Waals surface area contributed by atoms with Gasteiger partial charge in [-0.25, -0.2) is 0 Å². The molecule has 0 fully saturated rings. The molecule has 2 nitrogen and oxygen atoms in total. The molecule has 1 aromatic rings. The Bertz CT molecular complexity index is 367. The van der Waals surface area contributed by atoms with E-state index in [0.717, 1.165) is 12.1 Å². The van der Waals surface area contributed by atoms with Crippen molar-refractivity contribution in [2.45, 2.75) is 25.4 Å². The minimum absolute atomic E-state index is 0.0479. The van der Waals surface area contributed by atoms with Crippen LogP contribution in [0.15, 0.2) is 24.3 Å². The Labute approximate surface area is 115 Å². The van der Waals surface area contributed by atoms with Gasteiger partial charge in [-0.2, -0.15) is 13.2 Å². The van der Waals surface area contributed by atoms with Crippen molar-refractivity contribution in [2.75, 3.05) is 18.9 Å². The number of alkyl halides is 3. The fourth-order valence-corrected chi connectivity index (χ4v) is 1.99. The fraction of sp³-hybridized carbons (Fsp3) is 0.538. The predicted octanol–water partition coefficient (Wildman–Crippen LogP) is 3.99. The van der Waals surface area contributed by atoms with Crippen LogP contribution in [0.4, 0.5) is 13.2 Å². The van der Waals surface area contributed by atoms with Crippen LogP contribution < -0.4 is 10.1 Å². The highest BCUT2D eigenvalue weighted by atomic mass is 32.2. The van der Waals surface area contributed by atoms with E-state index in [2.05, 4.69) is 12.2 Å². The SMILES string of the molecule is CCNC(C)c1ccc(OCCSC(F)(F)F)cc1. The third-order valence-electron chi connectivity index (χ3n) is 2.51. The highest BCUT2D eigenvalue weighted by Crippen LogP contribution is 2.29. The van der Waals surface area contributed by atoms with Gasteiger partial charge in [-0.05, 0) is 42.9 Å². The van der Waals surface area contributed by atoms with Gasteiger partial charge in [0.2, 0.25) is 0 Å². The van der Waals surface area contributed by atoms with Crippen LogP contribution in [0.1, 0.15) is 25.5 Å². The lowest BCUT2D eigenvalue weighted by molar-refractivity contribution is -0.0329.